The molecule has 2 unspecified atom stereocenters. The first kappa shape index (κ1) is 14.6. The summed E-state index contributed by atoms with van der Waals surface area (Å²) in [5.41, 5.74) is 2.71. The van der Waals surface area contributed by atoms with E-state index < -0.39 is 12.0 Å². The zero-order valence-electron chi connectivity index (χ0n) is 11.4. The lowest BCUT2D eigenvalue weighted by atomic mass is 10.2. The molecule has 1 aromatic rings. The minimum atomic E-state index is -0.916. The molecule has 0 spiro atoms. The average Bonchev–Trinajstić information content (AvgIpc) is 3.00. The van der Waals surface area contributed by atoms with Crippen LogP contribution >= 0.6 is 23.1 Å². The van der Waals surface area contributed by atoms with Crippen LogP contribution in [0.4, 0.5) is 4.79 Å². The van der Waals surface area contributed by atoms with Crippen molar-refractivity contribution in [3.05, 3.63) is 16.6 Å². The fourth-order valence-electron chi connectivity index (χ4n) is 2.47. The lowest BCUT2D eigenvalue weighted by Gasteiger charge is -2.27. The van der Waals surface area contributed by atoms with Crippen molar-refractivity contribution >= 4 is 35.1 Å². The fourth-order valence-corrected chi connectivity index (χ4v) is 4.69. The van der Waals surface area contributed by atoms with Crippen molar-refractivity contribution in [1.82, 2.24) is 15.2 Å². The first-order chi connectivity index (χ1) is 10.2. The summed E-state index contributed by atoms with van der Waals surface area (Å²) in [7, 11) is 0. The molecule has 0 bridgehead atoms. The van der Waals surface area contributed by atoms with Crippen LogP contribution < -0.4 is 5.32 Å². The summed E-state index contributed by atoms with van der Waals surface area (Å²) < 4.78 is 0. The highest BCUT2D eigenvalue weighted by molar-refractivity contribution is 8.00. The number of carboxylic acid groups (broad SMARTS) is 1. The van der Waals surface area contributed by atoms with Gasteiger partial charge in [-0.15, -0.1) is 23.1 Å². The molecular formula is C13H17N3O3S2. The van der Waals surface area contributed by atoms with E-state index in [1.54, 1.807) is 17.3 Å². The maximum absolute atomic E-state index is 12.4. The number of thioether (sulfide) groups is 1. The van der Waals surface area contributed by atoms with Crippen LogP contribution in [0.3, 0.4) is 0 Å². The molecular weight excluding hydrogens is 310 g/mol. The van der Waals surface area contributed by atoms with Crippen molar-refractivity contribution in [2.24, 2.45) is 5.92 Å². The maximum atomic E-state index is 12.4. The Morgan fingerprint density at radius 3 is 2.90 bits per heavy atom. The average molecular weight is 327 g/mol. The first-order valence-electron chi connectivity index (χ1n) is 6.94. The van der Waals surface area contributed by atoms with Crippen molar-refractivity contribution in [1.29, 1.82) is 0 Å². The summed E-state index contributed by atoms with van der Waals surface area (Å²) in [5, 5.41) is 14.1. The van der Waals surface area contributed by atoms with Gasteiger partial charge in [-0.2, -0.15) is 0 Å². The normalized spacial score (nSPS) is 25.0. The highest BCUT2D eigenvalue weighted by Gasteiger charge is 2.47. The van der Waals surface area contributed by atoms with E-state index in [2.05, 4.69) is 10.3 Å². The van der Waals surface area contributed by atoms with E-state index in [-0.39, 0.29) is 11.4 Å². The minimum absolute atomic E-state index is 0.0189. The van der Waals surface area contributed by atoms with Crippen LogP contribution in [0.5, 0.6) is 0 Å². The molecule has 1 aromatic heterocycles. The molecule has 6 nitrogen and oxygen atoms in total. The van der Waals surface area contributed by atoms with Gasteiger partial charge >= 0.3 is 12.0 Å². The second-order valence-corrected chi connectivity index (χ2v) is 7.15. The van der Waals surface area contributed by atoms with Gasteiger partial charge in [0.15, 0.2) is 0 Å². The summed E-state index contributed by atoms with van der Waals surface area (Å²) in [6.45, 7) is 0.480. The molecule has 2 heterocycles. The molecule has 2 atom stereocenters. The number of hydrogen-bond donors (Lipinski definition) is 2. The molecule has 114 valence electrons. The maximum Gasteiger partial charge on any atom is 0.327 e. The molecule has 3 rings (SSSR count). The van der Waals surface area contributed by atoms with Crippen molar-refractivity contribution in [3.63, 3.8) is 0 Å². The van der Waals surface area contributed by atoms with Crippen LogP contribution in [0.2, 0.25) is 0 Å². The number of urea groups is 1. The molecule has 1 aliphatic heterocycles. The number of nitrogens with one attached hydrogen (secondary N) is 1. The molecule has 0 radical (unpaired) electrons. The number of nitrogens with zero attached hydrogens (tertiary/aromatic N) is 2. The molecule has 1 aliphatic carbocycles. The van der Waals surface area contributed by atoms with E-state index in [1.807, 2.05) is 5.38 Å². The smallest absolute Gasteiger partial charge is 0.327 e. The predicted octanol–water partition coefficient (Wildman–Crippen LogP) is 1.63. The number of carbonyl (C=O) groups excluding carboxylic acids is 1. The molecule has 2 aliphatic rings. The van der Waals surface area contributed by atoms with Crippen LogP contribution in [-0.4, -0.2) is 50.7 Å². The molecule has 2 N–H and O–H groups in total. The van der Waals surface area contributed by atoms with Gasteiger partial charge in [0.05, 0.1) is 16.6 Å². The van der Waals surface area contributed by atoms with Crippen molar-refractivity contribution in [2.75, 3.05) is 12.3 Å². The number of hydrogen-bond acceptors (Lipinski definition) is 5. The van der Waals surface area contributed by atoms with Gasteiger partial charge in [-0.1, -0.05) is 0 Å². The van der Waals surface area contributed by atoms with Gasteiger partial charge in [0.2, 0.25) is 0 Å². The van der Waals surface area contributed by atoms with Crippen molar-refractivity contribution in [3.8, 4) is 0 Å². The van der Waals surface area contributed by atoms with Crippen molar-refractivity contribution in [2.45, 2.75) is 30.7 Å². The molecule has 1 saturated carbocycles. The summed E-state index contributed by atoms with van der Waals surface area (Å²) in [4.78, 5) is 29.4. The quantitative estimate of drug-likeness (QED) is 0.859. The van der Waals surface area contributed by atoms with Crippen LogP contribution in [0.15, 0.2) is 10.9 Å². The Balaban J connectivity index is 1.58. The van der Waals surface area contributed by atoms with E-state index in [0.717, 1.165) is 18.5 Å². The zero-order valence-corrected chi connectivity index (χ0v) is 13.0. The minimum Gasteiger partial charge on any atom is -0.480 e. The summed E-state index contributed by atoms with van der Waals surface area (Å²) in [6.07, 6.45) is 2.85. The van der Waals surface area contributed by atoms with Crippen LogP contribution in [0.1, 0.15) is 18.5 Å². The number of thiazole rings is 1. The molecule has 0 aromatic carbocycles. The third-order valence-corrected chi connectivity index (χ3v) is 5.82. The van der Waals surface area contributed by atoms with Gasteiger partial charge in [0.1, 0.15) is 6.04 Å². The Hall–Kier alpha value is -1.28. The topological polar surface area (TPSA) is 82.5 Å². The van der Waals surface area contributed by atoms with E-state index >= 15 is 0 Å². The second-order valence-electron chi connectivity index (χ2n) is 5.28. The van der Waals surface area contributed by atoms with E-state index in [4.69, 9.17) is 0 Å². The largest absolute Gasteiger partial charge is 0.480 e. The number of carbonyl (C=O) groups is 2. The highest BCUT2D eigenvalue weighted by Crippen LogP contribution is 2.45. The third kappa shape index (κ3) is 3.32. The second kappa shape index (κ2) is 6.23. The number of rotatable bonds is 5. The summed E-state index contributed by atoms with van der Waals surface area (Å²) >= 11 is 3.12. The molecule has 2 fully saturated rings. The molecule has 8 heteroatoms. The molecule has 1 saturated heterocycles. The van der Waals surface area contributed by atoms with Gasteiger partial charge < -0.3 is 10.4 Å². The van der Waals surface area contributed by atoms with Crippen LogP contribution in [0, 0.1) is 5.92 Å². The lowest BCUT2D eigenvalue weighted by molar-refractivity contribution is -0.141. The number of amides is 2. The van der Waals surface area contributed by atoms with Crippen LogP contribution in [0.25, 0.3) is 0 Å². The van der Waals surface area contributed by atoms with E-state index in [1.165, 1.54) is 16.2 Å². The number of aliphatic carboxylic acids is 1. The molecule has 21 heavy (non-hydrogen) atoms. The number of carboxylic acids is 1. The number of aromatic nitrogens is 1. The van der Waals surface area contributed by atoms with Gasteiger partial charge in [-0.05, 0) is 18.8 Å². The monoisotopic (exact) mass is 327 g/mol. The van der Waals surface area contributed by atoms with Crippen molar-refractivity contribution < 1.29 is 14.7 Å². The lowest BCUT2D eigenvalue weighted by Crippen LogP contribution is -2.51. The van der Waals surface area contributed by atoms with Gasteiger partial charge in [-0.25, -0.2) is 14.6 Å². The SMILES string of the molecule is O=C(O)C1CSC(C2CC2)N1C(=O)NCCc1cscn1. The first-order valence-corrected chi connectivity index (χ1v) is 8.93. The van der Waals surface area contributed by atoms with E-state index in [9.17, 15) is 14.7 Å². The zero-order chi connectivity index (χ0) is 14.8. The Morgan fingerprint density at radius 1 is 1.48 bits per heavy atom. The summed E-state index contributed by atoms with van der Waals surface area (Å²) in [6, 6.07) is -0.973. The standard InChI is InChI=1S/C13H17N3O3S2/c17-12(18)10-6-21-11(8-1-2-8)16(10)13(19)14-4-3-9-5-20-7-15-9/h5,7-8,10-11H,1-4,6H2,(H,14,19)(H,17,18). The summed E-state index contributed by atoms with van der Waals surface area (Å²) in [5.74, 6) is 0.0275. The van der Waals surface area contributed by atoms with Gasteiger partial charge in [0.25, 0.3) is 0 Å². The van der Waals surface area contributed by atoms with Crippen LogP contribution in [-0.2, 0) is 11.2 Å². The highest BCUT2D eigenvalue weighted by atomic mass is 32.2. The van der Waals surface area contributed by atoms with E-state index in [0.29, 0.717) is 24.6 Å². The van der Waals surface area contributed by atoms with Gasteiger partial charge in [0, 0.05) is 24.1 Å². The Morgan fingerprint density at radius 2 is 2.29 bits per heavy atom. The Labute approximate surface area is 130 Å². The molecule has 2 amide bonds. The fraction of sp³-hybridized carbons (Fsp3) is 0.615. The third-order valence-electron chi connectivity index (χ3n) is 3.72. The Kier molecular flexibility index (Phi) is 4.34. The van der Waals surface area contributed by atoms with Gasteiger partial charge in [-0.3, -0.25) is 4.90 Å². The predicted molar refractivity (Wildman–Crippen MR) is 81.4 cm³/mol. The Bertz CT molecular complexity index is 519.